The number of ether oxygens (including phenoxy) is 2. The lowest BCUT2D eigenvalue weighted by Crippen LogP contribution is -2.36. The van der Waals surface area contributed by atoms with Crippen LogP contribution < -0.4 is 4.90 Å². The molecule has 10 nitrogen and oxygen atoms in total. The molecular formula is C26H23N7O3. The highest BCUT2D eigenvalue weighted by atomic mass is 16.5. The fourth-order valence-corrected chi connectivity index (χ4v) is 4.70. The first-order valence-corrected chi connectivity index (χ1v) is 11.6. The minimum atomic E-state index is -0.401. The van der Waals surface area contributed by atoms with Gasteiger partial charge in [0.25, 0.3) is 0 Å². The number of nitrogens with one attached hydrogen (secondary N) is 1. The van der Waals surface area contributed by atoms with Gasteiger partial charge in [-0.3, -0.25) is 4.57 Å². The van der Waals surface area contributed by atoms with Crippen LogP contribution >= 0.6 is 0 Å². The van der Waals surface area contributed by atoms with Crippen LogP contribution in [0.4, 0.5) is 5.69 Å². The number of aromatic amines is 1. The number of hydrogen-bond donors (Lipinski definition) is 1. The predicted molar refractivity (Wildman–Crippen MR) is 134 cm³/mol. The number of benzene rings is 3. The summed E-state index contributed by atoms with van der Waals surface area (Å²) in [5, 5.41) is 14.5. The monoisotopic (exact) mass is 481 g/mol. The number of esters is 1. The Bertz CT molecular complexity index is 1540. The number of rotatable bonds is 5. The molecule has 1 N–H and O–H groups in total. The van der Waals surface area contributed by atoms with Gasteiger partial charge in [0.1, 0.15) is 6.33 Å². The maximum Gasteiger partial charge on any atom is 0.340 e. The molecule has 0 bridgehead atoms. The number of tetrazole rings is 1. The van der Waals surface area contributed by atoms with Gasteiger partial charge >= 0.3 is 5.97 Å². The second-order valence-electron chi connectivity index (χ2n) is 8.38. The zero-order valence-corrected chi connectivity index (χ0v) is 19.6. The summed E-state index contributed by atoms with van der Waals surface area (Å²) in [6, 6.07) is 19.7. The van der Waals surface area contributed by atoms with Crippen LogP contribution in [-0.4, -0.2) is 69.6 Å². The van der Waals surface area contributed by atoms with Crippen LogP contribution in [0.2, 0.25) is 0 Å². The third-order valence-corrected chi connectivity index (χ3v) is 6.40. The number of carbonyl (C=O) groups is 1. The third-order valence-electron chi connectivity index (χ3n) is 6.40. The van der Waals surface area contributed by atoms with Gasteiger partial charge in [-0.2, -0.15) is 0 Å². The van der Waals surface area contributed by atoms with Crippen LogP contribution in [0.3, 0.4) is 0 Å². The van der Waals surface area contributed by atoms with Gasteiger partial charge in [-0.15, -0.1) is 5.10 Å². The lowest BCUT2D eigenvalue weighted by molar-refractivity contribution is 0.0602. The number of imidazole rings is 1. The number of morpholine rings is 1. The average Bonchev–Trinajstić information content (AvgIpc) is 3.63. The van der Waals surface area contributed by atoms with E-state index in [4.69, 9.17) is 9.47 Å². The maximum atomic E-state index is 12.5. The van der Waals surface area contributed by atoms with Crippen molar-refractivity contribution in [3.05, 3.63) is 72.6 Å². The minimum absolute atomic E-state index is 0.401. The molecule has 36 heavy (non-hydrogen) atoms. The van der Waals surface area contributed by atoms with Crippen LogP contribution in [0.15, 0.2) is 67.0 Å². The summed E-state index contributed by atoms with van der Waals surface area (Å²) in [5.74, 6) is 0.202. The maximum absolute atomic E-state index is 12.5. The van der Waals surface area contributed by atoms with Crippen molar-refractivity contribution in [2.24, 2.45) is 0 Å². The molecule has 10 heteroatoms. The predicted octanol–water partition coefficient (Wildman–Crippen LogP) is 3.50. The van der Waals surface area contributed by atoms with Crippen LogP contribution in [0.1, 0.15) is 10.4 Å². The van der Waals surface area contributed by atoms with Crippen molar-refractivity contribution in [3.8, 4) is 28.2 Å². The van der Waals surface area contributed by atoms with Gasteiger partial charge in [0.15, 0.2) is 5.82 Å². The molecule has 0 saturated carbocycles. The topological polar surface area (TPSA) is 111 Å². The summed E-state index contributed by atoms with van der Waals surface area (Å²) < 4.78 is 12.6. The molecule has 1 aliphatic rings. The van der Waals surface area contributed by atoms with E-state index in [0.29, 0.717) is 30.1 Å². The lowest BCUT2D eigenvalue weighted by atomic mass is 9.96. The first-order valence-electron chi connectivity index (χ1n) is 11.6. The zero-order valence-electron chi connectivity index (χ0n) is 19.6. The minimum Gasteiger partial charge on any atom is -0.465 e. The van der Waals surface area contributed by atoms with Crippen LogP contribution in [-0.2, 0) is 9.47 Å². The van der Waals surface area contributed by atoms with E-state index in [-0.39, 0.29) is 0 Å². The molecule has 0 amide bonds. The number of H-pyrrole nitrogens is 1. The molecule has 3 aromatic carbocycles. The highest BCUT2D eigenvalue weighted by molar-refractivity contribution is 6.02. The summed E-state index contributed by atoms with van der Waals surface area (Å²) in [5.41, 5.74) is 6.79. The lowest BCUT2D eigenvalue weighted by Gasteiger charge is -2.31. The van der Waals surface area contributed by atoms with E-state index in [9.17, 15) is 4.79 Å². The zero-order chi connectivity index (χ0) is 24.5. The van der Waals surface area contributed by atoms with Crippen molar-refractivity contribution >= 4 is 22.7 Å². The summed E-state index contributed by atoms with van der Waals surface area (Å²) in [7, 11) is 1.38. The van der Waals surface area contributed by atoms with Crippen LogP contribution in [0.5, 0.6) is 0 Å². The van der Waals surface area contributed by atoms with E-state index in [1.807, 2.05) is 41.0 Å². The molecule has 0 aliphatic carbocycles. The van der Waals surface area contributed by atoms with Gasteiger partial charge in [0.05, 0.1) is 36.9 Å². The highest BCUT2D eigenvalue weighted by Gasteiger charge is 2.21. The Kier molecular flexibility index (Phi) is 5.62. The van der Waals surface area contributed by atoms with E-state index < -0.39 is 5.97 Å². The fraction of sp³-hybridized carbons (Fsp3) is 0.192. The molecule has 3 heterocycles. The Hall–Kier alpha value is -4.57. The molecular weight excluding hydrogens is 458 g/mol. The summed E-state index contributed by atoms with van der Waals surface area (Å²) in [6.45, 7) is 2.83. The molecule has 1 aliphatic heterocycles. The van der Waals surface area contributed by atoms with E-state index in [0.717, 1.165) is 46.7 Å². The first kappa shape index (κ1) is 21.9. The molecule has 180 valence electrons. The highest BCUT2D eigenvalue weighted by Crippen LogP contribution is 2.38. The van der Waals surface area contributed by atoms with Crippen molar-refractivity contribution in [2.45, 2.75) is 0 Å². The molecule has 5 aromatic rings. The Morgan fingerprint density at radius 2 is 1.83 bits per heavy atom. The molecule has 0 atom stereocenters. The van der Waals surface area contributed by atoms with Crippen molar-refractivity contribution in [3.63, 3.8) is 0 Å². The van der Waals surface area contributed by atoms with E-state index in [2.05, 4.69) is 48.7 Å². The number of hydrogen-bond acceptors (Lipinski definition) is 8. The summed E-state index contributed by atoms with van der Waals surface area (Å²) in [4.78, 5) is 19.4. The van der Waals surface area contributed by atoms with Crippen molar-refractivity contribution in [2.75, 3.05) is 38.3 Å². The molecule has 2 aromatic heterocycles. The molecule has 1 fully saturated rings. The largest absolute Gasteiger partial charge is 0.465 e. The summed E-state index contributed by atoms with van der Waals surface area (Å²) >= 11 is 0. The number of para-hydroxylation sites is 1. The second-order valence-corrected chi connectivity index (χ2v) is 8.38. The number of nitrogens with zero attached hydrogens (tertiary/aromatic N) is 6. The Balaban J connectivity index is 1.55. The molecule has 1 saturated heterocycles. The van der Waals surface area contributed by atoms with Gasteiger partial charge in [-0.25, -0.2) is 14.9 Å². The number of anilines is 1. The molecule has 0 radical (unpaired) electrons. The van der Waals surface area contributed by atoms with Crippen molar-refractivity contribution in [1.29, 1.82) is 0 Å². The van der Waals surface area contributed by atoms with Gasteiger partial charge in [-0.1, -0.05) is 36.4 Å². The number of aromatic nitrogens is 6. The van der Waals surface area contributed by atoms with Gasteiger partial charge in [0.2, 0.25) is 0 Å². The Labute approximate surface area is 206 Å². The van der Waals surface area contributed by atoms with E-state index >= 15 is 0 Å². The second kappa shape index (κ2) is 9.23. The van der Waals surface area contributed by atoms with Crippen molar-refractivity contribution in [1.82, 2.24) is 30.2 Å². The standard InChI is InChI=1S/C26H23N7O3/c1-35-26(34)21-7-4-8-22-24(21)33(16-27-22)17-9-10-19(23(15-17)32-11-13-36-14-12-32)18-5-2-3-6-20(18)25-28-30-31-29-25/h2-10,15-16H,11-14H2,1H3,(H,28,29,30,31). The SMILES string of the molecule is COC(=O)c1cccc2ncn(-c3ccc(-c4ccccc4-c4nnn[nH]4)c(N4CCOCC4)c3)c12. The smallest absolute Gasteiger partial charge is 0.340 e. The molecule has 0 spiro atoms. The average molecular weight is 482 g/mol. The van der Waals surface area contributed by atoms with Crippen LogP contribution in [0.25, 0.3) is 39.2 Å². The van der Waals surface area contributed by atoms with E-state index in [1.165, 1.54) is 7.11 Å². The quantitative estimate of drug-likeness (QED) is 0.380. The van der Waals surface area contributed by atoms with Gasteiger partial charge < -0.3 is 14.4 Å². The first-order chi connectivity index (χ1) is 17.7. The van der Waals surface area contributed by atoms with E-state index in [1.54, 1.807) is 12.4 Å². The number of methoxy groups -OCH3 is 1. The fourth-order valence-electron chi connectivity index (χ4n) is 4.70. The summed E-state index contributed by atoms with van der Waals surface area (Å²) in [6.07, 6.45) is 1.74. The molecule has 6 rings (SSSR count). The van der Waals surface area contributed by atoms with Crippen molar-refractivity contribution < 1.29 is 14.3 Å². The van der Waals surface area contributed by atoms with Gasteiger partial charge in [-0.05, 0) is 40.3 Å². The number of fused-ring (bicyclic) bond motifs is 1. The molecule has 0 unspecified atom stereocenters. The number of carbonyl (C=O) groups excluding carboxylic acids is 1. The van der Waals surface area contributed by atoms with Gasteiger partial charge in [0, 0.05) is 35.6 Å². The third kappa shape index (κ3) is 3.77. The normalized spacial score (nSPS) is 13.8. The Morgan fingerprint density at radius 3 is 2.61 bits per heavy atom. The Morgan fingerprint density at radius 1 is 1.00 bits per heavy atom. The van der Waals surface area contributed by atoms with Crippen LogP contribution in [0, 0.1) is 0 Å².